The van der Waals surface area contributed by atoms with Gasteiger partial charge < -0.3 is 19.7 Å². The zero-order chi connectivity index (χ0) is 23.6. The zero-order valence-electron chi connectivity index (χ0n) is 18.2. The first-order valence-corrected chi connectivity index (χ1v) is 11.9. The SMILES string of the molecule is CCN(CC(=O)Nc1ccc2c(c1)OCCO2)C(=O)[C@H](C)N=C1NS(=O)(=O)c2ccccc21. The average Bonchev–Trinajstić information content (AvgIpc) is 3.06. The van der Waals surface area contributed by atoms with Crippen LogP contribution in [0.25, 0.3) is 0 Å². The number of hydrogen-bond acceptors (Lipinski definition) is 7. The molecule has 0 radical (unpaired) electrons. The lowest BCUT2D eigenvalue weighted by Crippen LogP contribution is -2.42. The van der Waals surface area contributed by atoms with Crippen LogP contribution in [0, 0.1) is 0 Å². The Labute approximate surface area is 191 Å². The zero-order valence-corrected chi connectivity index (χ0v) is 19.0. The molecular formula is C22H24N4O6S. The minimum atomic E-state index is -3.70. The second kappa shape index (κ2) is 9.10. The number of amides is 2. The third-order valence-electron chi connectivity index (χ3n) is 5.20. The molecule has 33 heavy (non-hydrogen) atoms. The van der Waals surface area contributed by atoms with Crippen molar-refractivity contribution in [2.75, 3.05) is 31.6 Å². The first-order valence-electron chi connectivity index (χ1n) is 10.5. The van der Waals surface area contributed by atoms with Crippen molar-refractivity contribution in [2.45, 2.75) is 24.8 Å². The van der Waals surface area contributed by atoms with Gasteiger partial charge in [0.1, 0.15) is 25.1 Å². The standard InChI is InChI=1S/C22H24N4O6S/c1-3-26(13-20(27)24-15-8-9-17-18(12-15)32-11-10-31-17)22(28)14(2)23-21-16-6-4-5-7-19(16)33(29,30)25-21/h4-9,12,14H,3,10-11,13H2,1-2H3,(H,23,25)(H,24,27)/t14-/m0/s1. The van der Waals surface area contributed by atoms with E-state index < -0.39 is 22.0 Å². The molecule has 1 atom stereocenters. The van der Waals surface area contributed by atoms with Crippen molar-refractivity contribution in [1.29, 1.82) is 0 Å². The maximum absolute atomic E-state index is 12.9. The van der Waals surface area contributed by atoms with Crippen LogP contribution in [-0.2, 0) is 19.6 Å². The predicted molar refractivity (Wildman–Crippen MR) is 121 cm³/mol. The average molecular weight is 473 g/mol. The molecule has 0 saturated carbocycles. The lowest BCUT2D eigenvalue weighted by molar-refractivity contribution is -0.135. The molecule has 2 aliphatic rings. The number of benzene rings is 2. The van der Waals surface area contributed by atoms with Crippen molar-refractivity contribution in [2.24, 2.45) is 4.99 Å². The molecule has 174 valence electrons. The van der Waals surface area contributed by atoms with Crippen LogP contribution in [0.2, 0.25) is 0 Å². The van der Waals surface area contributed by atoms with Gasteiger partial charge >= 0.3 is 0 Å². The number of nitrogens with zero attached hydrogens (tertiary/aromatic N) is 2. The van der Waals surface area contributed by atoms with Crippen LogP contribution in [-0.4, -0.2) is 63.3 Å². The summed E-state index contributed by atoms with van der Waals surface area (Å²) in [5.41, 5.74) is 0.939. The Morgan fingerprint density at radius 1 is 1.15 bits per heavy atom. The van der Waals surface area contributed by atoms with Gasteiger partial charge in [0, 0.05) is 23.9 Å². The minimum absolute atomic E-state index is 0.114. The normalized spacial score (nSPS) is 17.6. The molecule has 2 aromatic carbocycles. The number of carbonyl (C=O) groups excluding carboxylic acids is 2. The van der Waals surface area contributed by atoms with Crippen molar-refractivity contribution in [3.8, 4) is 11.5 Å². The lowest BCUT2D eigenvalue weighted by Gasteiger charge is -2.23. The quantitative estimate of drug-likeness (QED) is 0.654. The van der Waals surface area contributed by atoms with Crippen LogP contribution in [0.5, 0.6) is 11.5 Å². The summed E-state index contributed by atoms with van der Waals surface area (Å²) in [4.78, 5) is 31.3. The van der Waals surface area contributed by atoms with Crippen LogP contribution in [0.4, 0.5) is 5.69 Å². The molecule has 2 aliphatic heterocycles. The molecule has 0 aliphatic carbocycles. The molecule has 0 spiro atoms. The molecule has 10 nitrogen and oxygen atoms in total. The number of nitrogens with one attached hydrogen (secondary N) is 2. The molecule has 0 fully saturated rings. The number of carbonyl (C=O) groups is 2. The van der Waals surface area contributed by atoms with Crippen molar-refractivity contribution in [3.63, 3.8) is 0 Å². The molecule has 2 N–H and O–H groups in total. The van der Waals surface area contributed by atoms with Gasteiger partial charge in [-0.2, -0.15) is 0 Å². The van der Waals surface area contributed by atoms with Gasteiger partial charge in [-0.3, -0.25) is 19.3 Å². The van der Waals surface area contributed by atoms with E-state index in [1.807, 2.05) is 0 Å². The van der Waals surface area contributed by atoms with E-state index in [9.17, 15) is 18.0 Å². The Hall–Kier alpha value is -3.60. The van der Waals surface area contributed by atoms with E-state index in [2.05, 4.69) is 15.0 Å². The second-order valence-electron chi connectivity index (χ2n) is 7.51. The largest absolute Gasteiger partial charge is 0.486 e. The van der Waals surface area contributed by atoms with E-state index in [1.54, 1.807) is 50.2 Å². The molecule has 4 rings (SSSR count). The maximum Gasteiger partial charge on any atom is 0.263 e. The number of anilines is 1. The Morgan fingerprint density at radius 3 is 2.64 bits per heavy atom. The molecule has 0 aromatic heterocycles. The number of aliphatic imine (C=N–C) groups is 1. The number of sulfonamides is 1. The van der Waals surface area contributed by atoms with Gasteiger partial charge in [0.15, 0.2) is 11.5 Å². The van der Waals surface area contributed by atoms with Gasteiger partial charge in [0.05, 0.1) is 11.4 Å². The molecule has 2 amide bonds. The molecular weight excluding hydrogens is 448 g/mol. The summed E-state index contributed by atoms with van der Waals surface area (Å²) in [6.07, 6.45) is 0. The van der Waals surface area contributed by atoms with Gasteiger partial charge in [-0.15, -0.1) is 0 Å². The lowest BCUT2D eigenvalue weighted by atomic mass is 10.2. The third-order valence-corrected chi connectivity index (χ3v) is 6.59. The van der Waals surface area contributed by atoms with Crippen LogP contribution in [0.3, 0.4) is 0 Å². The van der Waals surface area contributed by atoms with Gasteiger partial charge in [-0.1, -0.05) is 12.1 Å². The molecule has 2 aromatic rings. The van der Waals surface area contributed by atoms with Crippen molar-refractivity contribution < 1.29 is 27.5 Å². The maximum atomic E-state index is 12.9. The van der Waals surface area contributed by atoms with E-state index >= 15 is 0 Å². The number of likely N-dealkylation sites (N-methyl/N-ethyl adjacent to an activating group) is 1. The fourth-order valence-corrected chi connectivity index (χ4v) is 4.82. The number of rotatable bonds is 6. The van der Waals surface area contributed by atoms with E-state index in [-0.39, 0.29) is 29.7 Å². The van der Waals surface area contributed by atoms with Gasteiger partial charge in [-0.05, 0) is 38.1 Å². The first-order chi connectivity index (χ1) is 15.8. The van der Waals surface area contributed by atoms with Crippen molar-refractivity contribution >= 4 is 33.4 Å². The highest BCUT2D eigenvalue weighted by molar-refractivity contribution is 7.90. The smallest absolute Gasteiger partial charge is 0.263 e. The molecule has 2 heterocycles. The van der Waals surface area contributed by atoms with E-state index in [4.69, 9.17) is 9.47 Å². The first kappa shape index (κ1) is 22.6. The summed E-state index contributed by atoms with van der Waals surface area (Å²) in [6, 6.07) is 10.6. The number of hydrogen-bond donors (Lipinski definition) is 2. The third kappa shape index (κ3) is 4.77. The van der Waals surface area contributed by atoms with E-state index in [0.29, 0.717) is 36.0 Å². The Morgan fingerprint density at radius 2 is 1.88 bits per heavy atom. The Kier molecular flexibility index (Phi) is 6.23. The summed E-state index contributed by atoms with van der Waals surface area (Å²) in [6.45, 7) is 4.33. The fraction of sp³-hybridized carbons (Fsp3) is 0.318. The predicted octanol–water partition coefficient (Wildman–Crippen LogP) is 1.37. The summed E-state index contributed by atoms with van der Waals surface area (Å²) >= 11 is 0. The van der Waals surface area contributed by atoms with Crippen LogP contribution < -0.4 is 19.5 Å². The van der Waals surface area contributed by atoms with Crippen LogP contribution >= 0.6 is 0 Å². The van der Waals surface area contributed by atoms with Gasteiger partial charge in [0.2, 0.25) is 11.8 Å². The second-order valence-corrected chi connectivity index (χ2v) is 9.17. The summed E-state index contributed by atoms with van der Waals surface area (Å²) < 4.78 is 37.9. The summed E-state index contributed by atoms with van der Waals surface area (Å²) in [5, 5.41) is 2.75. The number of amidine groups is 1. The van der Waals surface area contributed by atoms with E-state index in [1.165, 1.54) is 11.0 Å². The molecule has 0 bridgehead atoms. The molecule has 11 heteroatoms. The van der Waals surface area contributed by atoms with Gasteiger partial charge in [0.25, 0.3) is 10.0 Å². The van der Waals surface area contributed by atoms with E-state index in [0.717, 1.165) is 0 Å². The monoisotopic (exact) mass is 472 g/mol. The minimum Gasteiger partial charge on any atom is -0.486 e. The highest BCUT2D eigenvalue weighted by Gasteiger charge is 2.31. The molecule has 0 saturated heterocycles. The topological polar surface area (TPSA) is 126 Å². The fourth-order valence-electron chi connectivity index (χ4n) is 3.58. The van der Waals surface area contributed by atoms with Crippen LogP contribution in [0.1, 0.15) is 19.4 Å². The molecule has 0 unspecified atom stereocenters. The van der Waals surface area contributed by atoms with Crippen molar-refractivity contribution in [1.82, 2.24) is 9.62 Å². The number of ether oxygens (including phenoxy) is 2. The highest BCUT2D eigenvalue weighted by Crippen LogP contribution is 2.32. The highest BCUT2D eigenvalue weighted by atomic mass is 32.2. The van der Waals surface area contributed by atoms with Crippen molar-refractivity contribution in [3.05, 3.63) is 48.0 Å². The summed E-state index contributed by atoms with van der Waals surface area (Å²) in [7, 11) is -3.70. The summed E-state index contributed by atoms with van der Waals surface area (Å²) in [5.74, 6) is 0.496. The van der Waals surface area contributed by atoms with Crippen LogP contribution in [0.15, 0.2) is 52.4 Å². The Balaban J connectivity index is 1.43. The van der Waals surface area contributed by atoms with Gasteiger partial charge in [-0.25, -0.2) is 8.42 Å². The number of fused-ring (bicyclic) bond motifs is 2. The Bertz CT molecular complexity index is 1230.